The summed E-state index contributed by atoms with van der Waals surface area (Å²) in [5, 5.41) is 11.2. The fourth-order valence-corrected chi connectivity index (χ4v) is 6.03. The fourth-order valence-electron chi connectivity index (χ4n) is 6.03. The lowest BCUT2D eigenvalue weighted by Crippen LogP contribution is -2.65. The minimum atomic E-state index is -0.782. The molecule has 43 heavy (non-hydrogen) atoms. The average molecular weight is 587 g/mol. The lowest BCUT2D eigenvalue weighted by molar-refractivity contribution is -0.135. The van der Waals surface area contributed by atoms with Crippen LogP contribution in [0.5, 0.6) is 0 Å². The molecule has 0 spiro atoms. The molecular weight excluding hydrogens is 548 g/mol. The third kappa shape index (κ3) is 6.65. The van der Waals surface area contributed by atoms with E-state index in [0.29, 0.717) is 37.6 Å². The van der Waals surface area contributed by atoms with Crippen molar-refractivity contribution in [2.75, 3.05) is 23.7 Å². The van der Waals surface area contributed by atoms with E-state index < -0.39 is 29.8 Å². The van der Waals surface area contributed by atoms with Crippen LogP contribution in [0.1, 0.15) is 39.5 Å². The highest BCUT2D eigenvalue weighted by Gasteiger charge is 2.51. The predicted octanol–water partition coefficient (Wildman–Crippen LogP) is 1.81. The Morgan fingerprint density at radius 3 is 1.58 bits per heavy atom. The summed E-state index contributed by atoms with van der Waals surface area (Å²) in [6, 6.07) is 7.89. The van der Waals surface area contributed by atoms with Crippen LogP contribution in [0.4, 0.5) is 11.6 Å². The number of anilines is 2. The highest BCUT2D eigenvalue weighted by Crippen LogP contribution is 2.39. The minimum absolute atomic E-state index is 0.241. The van der Waals surface area contributed by atoms with Crippen molar-refractivity contribution in [3.05, 3.63) is 73.1 Å². The zero-order valence-corrected chi connectivity index (χ0v) is 24.4. The number of amides is 4. The van der Waals surface area contributed by atoms with Gasteiger partial charge in [-0.1, -0.05) is 24.3 Å². The van der Waals surface area contributed by atoms with Gasteiger partial charge >= 0.3 is 0 Å². The molecule has 0 bridgehead atoms. The van der Waals surface area contributed by atoms with Crippen LogP contribution in [-0.4, -0.2) is 86.3 Å². The molecule has 3 aliphatic rings. The molecule has 4 atom stereocenters. The van der Waals surface area contributed by atoms with Gasteiger partial charge in [-0.25, -0.2) is 9.97 Å². The quantitative estimate of drug-likeness (QED) is 0.330. The van der Waals surface area contributed by atoms with Crippen LogP contribution in [0, 0.1) is 0 Å². The molecule has 1 aliphatic carbocycles. The van der Waals surface area contributed by atoms with Crippen molar-refractivity contribution < 1.29 is 19.2 Å². The Bertz CT molecular complexity index is 1280. The van der Waals surface area contributed by atoms with E-state index in [4.69, 9.17) is 0 Å². The summed E-state index contributed by atoms with van der Waals surface area (Å²) < 4.78 is 0. The molecule has 2 aromatic heterocycles. The molecule has 0 aromatic carbocycles. The van der Waals surface area contributed by atoms with Gasteiger partial charge in [-0.15, -0.1) is 0 Å². The second kappa shape index (κ2) is 13.3. The third-order valence-corrected chi connectivity index (χ3v) is 8.16. The van der Waals surface area contributed by atoms with Crippen molar-refractivity contribution in [1.82, 2.24) is 30.4 Å². The van der Waals surface area contributed by atoms with E-state index in [0.717, 1.165) is 12.8 Å². The van der Waals surface area contributed by atoms with Crippen LogP contribution in [0.3, 0.4) is 0 Å². The molecule has 226 valence electrons. The van der Waals surface area contributed by atoms with Gasteiger partial charge in [0, 0.05) is 25.5 Å². The largest absolute Gasteiger partial charge is 0.343 e. The summed E-state index contributed by atoms with van der Waals surface area (Å²) in [4.78, 5) is 65.1. The number of carbonyl (C=O) groups excluding carboxylic acids is 4. The number of rotatable bonds is 10. The predicted molar refractivity (Wildman–Crippen MR) is 161 cm³/mol. The van der Waals surface area contributed by atoms with Gasteiger partial charge in [-0.2, -0.15) is 0 Å². The van der Waals surface area contributed by atoms with Gasteiger partial charge in [0.25, 0.3) is 0 Å². The van der Waals surface area contributed by atoms with Crippen molar-refractivity contribution in [2.45, 2.75) is 69.4 Å². The molecule has 4 N–H and O–H groups in total. The number of likely N-dealkylation sites (tertiary alicyclic amines) is 2. The Hall–Kier alpha value is -4.42. The van der Waals surface area contributed by atoms with Gasteiger partial charge in [0.15, 0.2) is 0 Å². The first-order valence-corrected chi connectivity index (χ1v) is 14.7. The van der Waals surface area contributed by atoms with Crippen LogP contribution in [0.15, 0.2) is 73.1 Å². The molecule has 5 rings (SSSR count). The molecule has 4 amide bonds. The molecule has 0 radical (unpaired) electrons. The Morgan fingerprint density at radius 2 is 1.19 bits per heavy atom. The van der Waals surface area contributed by atoms with Crippen LogP contribution >= 0.6 is 0 Å². The summed E-state index contributed by atoms with van der Waals surface area (Å²) in [6.07, 6.45) is 13.9. The van der Waals surface area contributed by atoms with E-state index >= 15 is 0 Å². The smallest absolute Gasteiger partial charge is 0.247 e. The van der Waals surface area contributed by atoms with Gasteiger partial charge in [-0.3, -0.25) is 29.0 Å². The van der Waals surface area contributed by atoms with E-state index in [1.54, 1.807) is 62.6 Å². The lowest BCUT2D eigenvalue weighted by atomic mass is 10.0. The third-order valence-electron chi connectivity index (χ3n) is 8.16. The Balaban J connectivity index is 1.26. The van der Waals surface area contributed by atoms with E-state index in [9.17, 15) is 19.2 Å². The zero-order chi connectivity index (χ0) is 30.4. The summed E-state index contributed by atoms with van der Waals surface area (Å²) in [5.41, 5.74) is -0.782. The van der Waals surface area contributed by atoms with Crippen LogP contribution in [-0.2, 0) is 19.2 Å². The minimum Gasteiger partial charge on any atom is -0.343 e. The first-order chi connectivity index (χ1) is 20.8. The van der Waals surface area contributed by atoms with E-state index in [-0.39, 0.29) is 23.6 Å². The highest BCUT2D eigenvalue weighted by molar-refractivity contribution is 5.98. The maximum atomic E-state index is 13.6. The summed E-state index contributed by atoms with van der Waals surface area (Å²) in [6.45, 7) is 4.59. The van der Waals surface area contributed by atoms with Crippen molar-refractivity contribution in [1.29, 1.82) is 0 Å². The number of pyridine rings is 2. The summed E-state index contributed by atoms with van der Waals surface area (Å²) in [7, 11) is 0. The van der Waals surface area contributed by atoms with Crippen LogP contribution in [0.25, 0.3) is 0 Å². The number of allylic oxidation sites excluding steroid dienone is 2. The van der Waals surface area contributed by atoms with Crippen molar-refractivity contribution in [3.8, 4) is 0 Å². The van der Waals surface area contributed by atoms with E-state index in [2.05, 4.69) is 41.0 Å². The SMILES string of the molecule is C[C@H](NC(=O)[C@H]1CCCN1C1(N2CCC[C@@H]2C(=O)N[C@@H](C)C(=O)Nc2ccccn2)C=CC=C1)C(=O)Nc1ccccn1. The highest BCUT2D eigenvalue weighted by atomic mass is 16.2. The number of nitrogens with one attached hydrogen (secondary N) is 4. The maximum absolute atomic E-state index is 13.6. The van der Waals surface area contributed by atoms with E-state index in [1.165, 1.54) is 0 Å². The van der Waals surface area contributed by atoms with Crippen molar-refractivity contribution in [2.24, 2.45) is 0 Å². The number of hydrogen-bond donors (Lipinski definition) is 4. The summed E-state index contributed by atoms with van der Waals surface area (Å²) >= 11 is 0. The van der Waals surface area contributed by atoms with Gasteiger partial charge in [0.05, 0.1) is 12.1 Å². The topological polar surface area (TPSA) is 149 Å². The first-order valence-electron chi connectivity index (χ1n) is 14.7. The average Bonchev–Trinajstić information content (AvgIpc) is 3.79. The Labute approximate surface area is 251 Å². The maximum Gasteiger partial charge on any atom is 0.247 e. The van der Waals surface area contributed by atoms with Gasteiger partial charge in [0.2, 0.25) is 23.6 Å². The molecule has 2 saturated heterocycles. The fraction of sp³-hybridized carbons (Fsp3) is 0.419. The molecule has 4 heterocycles. The molecule has 2 aromatic rings. The first kappa shape index (κ1) is 30.1. The number of aromatic nitrogens is 2. The molecule has 12 nitrogen and oxygen atoms in total. The monoisotopic (exact) mass is 586 g/mol. The van der Waals surface area contributed by atoms with Crippen molar-refractivity contribution >= 4 is 35.3 Å². The second-order valence-corrected chi connectivity index (χ2v) is 11.1. The lowest BCUT2D eigenvalue weighted by Gasteiger charge is -2.47. The molecule has 2 aliphatic heterocycles. The van der Waals surface area contributed by atoms with Crippen LogP contribution < -0.4 is 21.3 Å². The van der Waals surface area contributed by atoms with Crippen LogP contribution in [0.2, 0.25) is 0 Å². The molecular formula is C31H38N8O4. The van der Waals surface area contributed by atoms with Crippen molar-refractivity contribution in [3.63, 3.8) is 0 Å². The van der Waals surface area contributed by atoms with Gasteiger partial charge in [-0.05, 0) is 75.9 Å². The normalized spacial score (nSPS) is 22.6. The summed E-state index contributed by atoms with van der Waals surface area (Å²) in [5.74, 6) is -0.367. The zero-order valence-electron chi connectivity index (χ0n) is 24.4. The molecule has 12 heteroatoms. The Kier molecular flexibility index (Phi) is 9.27. The molecule has 0 unspecified atom stereocenters. The number of carbonyl (C=O) groups is 4. The number of hydrogen-bond acceptors (Lipinski definition) is 8. The second-order valence-electron chi connectivity index (χ2n) is 11.1. The molecule has 0 saturated carbocycles. The Morgan fingerprint density at radius 1 is 0.744 bits per heavy atom. The van der Waals surface area contributed by atoms with E-state index in [1.807, 2.05) is 24.3 Å². The molecule has 2 fully saturated rings. The standard InChI is InChI=1S/C31H38N8O4/c1-21(27(40)36-25-13-3-7-17-32-25)34-29(42)23-11-9-19-38(23)31(15-5-6-16-31)39-20-10-12-24(39)30(43)35-22(2)28(41)37-26-14-4-8-18-33-26/h3-8,13-18,21-24H,9-12,19-20H2,1-2H3,(H,34,42)(H,35,43)(H,32,36,40)(H,33,37,41)/t21-,22-,23+,24+/m0/s1. The number of nitrogens with zero attached hydrogens (tertiary/aromatic N) is 4. The van der Waals surface area contributed by atoms with Gasteiger partial charge < -0.3 is 21.3 Å². The van der Waals surface area contributed by atoms with Gasteiger partial charge in [0.1, 0.15) is 29.4 Å².